The third kappa shape index (κ3) is 4.06. The normalized spacial score (nSPS) is 19.4. The Kier molecular flexibility index (Phi) is 5.35. The third-order valence-electron chi connectivity index (χ3n) is 4.64. The molecular formula is C18H26N4O2. The van der Waals surface area contributed by atoms with Crippen molar-refractivity contribution < 1.29 is 4.42 Å². The average Bonchev–Trinajstić information content (AvgIpc) is 3.09. The van der Waals surface area contributed by atoms with E-state index < -0.39 is 0 Å². The van der Waals surface area contributed by atoms with Gasteiger partial charge in [0, 0.05) is 51.0 Å². The molecule has 2 atom stereocenters. The third-order valence-corrected chi connectivity index (χ3v) is 4.64. The van der Waals surface area contributed by atoms with E-state index in [1.165, 1.54) is 0 Å². The zero-order valence-electron chi connectivity index (χ0n) is 14.4. The first-order valence-electron chi connectivity index (χ1n) is 8.68. The molecule has 0 aliphatic carbocycles. The number of aromatic nitrogens is 2. The Morgan fingerprint density at radius 2 is 2.38 bits per heavy atom. The molecular weight excluding hydrogens is 304 g/mol. The summed E-state index contributed by atoms with van der Waals surface area (Å²) >= 11 is 0. The predicted octanol–water partition coefficient (Wildman–Crippen LogP) is 1.95. The van der Waals surface area contributed by atoms with E-state index in [2.05, 4.69) is 22.1 Å². The van der Waals surface area contributed by atoms with Gasteiger partial charge < -0.3 is 19.2 Å². The second-order valence-electron chi connectivity index (χ2n) is 6.64. The molecule has 0 aromatic carbocycles. The molecule has 1 saturated heterocycles. The van der Waals surface area contributed by atoms with Gasteiger partial charge in [-0.15, -0.1) is 0 Å². The van der Waals surface area contributed by atoms with Crippen LogP contribution in [0.1, 0.15) is 31.9 Å². The summed E-state index contributed by atoms with van der Waals surface area (Å²) in [7, 11) is 1.77. The lowest BCUT2D eigenvalue weighted by molar-refractivity contribution is 0.366. The van der Waals surface area contributed by atoms with Crippen molar-refractivity contribution in [3.8, 4) is 0 Å². The zero-order valence-corrected chi connectivity index (χ0v) is 14.4. The standard InChI is InChI=1S/C18H26N4O2/c1-14(7-8-16-6-4-12-24-16)20-15-5-3-10-22(13-15)17-18(23)21(2)11-9-19-17/h4,6,9,11-12,14-15,20H,3,5,7-8,10,13H2,1-2H3/t14-,15-/m0/s1. The number of nitrogens with zero attached hydrogens (tertiary/aromatic N) is 3. The van der Waals surface area contributed by atoms with Gasteiger partial charge in [0.15, 0.2) is 5.82 Å². The summed E-state index contributed by atoms with van der Waals surface area (Å²) in [5.74, 6) is 1.60. The van der Waals surface area contributed by atoms with E-state index in [0.717, 1.165) is 44.5 Å². The molecule has 1 N–H and O–H groups in total. The number of piperidine rings is 1. The molecule has 0 radical (unpaired) electrons. The van der Waals surface area contributed by atoms with Gasteiger partial charge in [0.05, 0.1) is 6.26 Å². The SMILES string of the molecule is C[C@@H](CCc1ccco1)N[C@H]1CCCN(c2nccn(C)c2=O)C1. The molecule has 24 heavy (non-hydrogen) atoms. The smallest absolute Gasteiger partial charge is 0.293 e. The van der Waals surface area contributed by atoms with Gasteiger partial charge in [-0.3, -0.25) is 4.79 Å². The Hall–Kier alpha value is -2.08. The number of anilines is 1. The second-order valence-corrected chi connectivity index (χ2v) is 6.64. The summed E-state index contributed by atoms with van der Waals surface area (Å²) < 4.78 is 6.98. The number of rotatable bonds is 6. The van der Waals surface area contributed by atoms with E-state index in [-0.39, 0.29) is 5.56 Å². The number of furan rings is 1. The molecule has 1 aliphatic rings. The van der Waals surface area contributed by atoms with Crippen LogP contribution in [0.3, 0.4) is 0 Å². The lowest BCUT2D eigenvalue weighted by atomic mass is 10.0. The van der Waals surface area contributed by atoms with Crippen molar-refractivity contribution in [3.63, 3.8) is 0 Å². The molecule has 0 saturated carbocycles. The van der Waals surface area contributed by atoms with E-state index >= 15 is 0 Å². The van der Waals surface area contributed by atoms with Crippen LogP contribution in [0, 0.1) is 0 Å². The number of hydrogen-bond donors (Lipinski definition) is 1. The fourth-order valence-electron chi connectivity index (χ4n) is 3.31. The van der Waals surface area contributed by atoms with Crippen LogP contribution in [-0.2, 0) is 13.5 Å². The molecule has 1 aliphatic heterocycles. The van der Waals surface area contributed by atoms with Crippen molar-refractivity contribution in [2.45, 2.75) is 44.7 Å². The summed E-state index contributed by atoms with van der Waals surface area (Å²) in [6.45, 7) is 3.93. The van der Waals surface area contributed by atoms with Crippen molar-refractivity contribution in [1.29, 1.82) is 0 Å². The fourth-order valence-corrected chi connectivity index (χ4v) is 3.31. The number of aryl methyl sites for hydroxylation is 2. The highest BCUT2D eigenvalue weighted by Gasteiger charge is 2.23. The largest absolute Gasteiger partial charge is 0.469 e. The molecule has 130 valence electrons. The maximum atomic E-state index is 12.3. The number of hydrogen-bond acceptors (Lipinski definition) is 5. The molecule has 0 bridgehead atoms. The second kappa shape index (κ2) is 7.66. The Morgan fingerprint density at radius 3 is 3.17 bits per heavy atom. The molecule has 0 unspecified atom stereocenters. The minimum atomic E-state index is -0.0241. The maximum Gasteiger partial charge on any atom is 0.293 e. The molecule has 3 heterocycles. The first-order valence-corrected chi connectivity index (χ1v) is 8.68. The molecule has 1 fully saturated rings. The topological polar surface area (TPSA) is 63.3 Å². The van der Waals surface area contributed by atoms with Crippen molar-refractivity contribution >= 4 is 5.82 Å². The van der Waals surface area contributed by atoms with Crippen LogP contribution in [0.25, 0.3) is 0 Å². The molecule has 2 aromatic rings. The molecule has 2 aromatic heterocycles. The van der Waals surface area contributed by atoms with Gasteiger partial charge in [-0.25, -0.2) is 4.98 Å². The monoisotopic (exact) mass is 330 g/mol. The molecule has 3 rings (SSSR count). The highest BCUT2D eigenvalue weighted by Crippen LogP contribution is 2.16. The summed E-state index contributed by atoms with van der Waals surface area (Å²) in [6.07, 6.45) is 9.30. The van der Waals surface area contributed by atoms with E-state index in [9.17, 15) is 4.79 Å². The van der Waals surface area contributed by atoms with Crippen molar-refractivity contribution in [2.75, 3.05) is 18.0 Å². The van der Waals surface area contributed by atoms with Crippen LogP contribution in [0.15, 0.2) is 40.0 Å². The number of nitrogens with one attached hydrogen (secondary N) is 1. The van der Waals surface area contributed by atoms with Crippen LogP contribution in [0.4, 0.5) is 5.82 Å². The van der Waals surface area contributed by atoms with Crippen molar-refractivity contribution in [3.05, 3.63) is 46.9 Å². The van der Waals surface area contributed by atoms with Gasteiger partial charge >= 0.3 is 0 Å². The highest BCUT2D eigenvalue weighted by atomic mass is 16.3. The first kappa shape index (κ1) is 16.8. The van der Waals surface area contributed by atoms with Crippen LogP contribution in [0.2, 0.25) is 0 Å². The van der Waals surface area contributed by atoms with E-state index in [4.69, 9.17) is 4.42 Å². The Labute approximate surface area is 142 Å². The van der Waals surface area contributed by atoms with Gasteiger partial charge in [-0.2, -0.15) is 0 Å². The Bertz CT molecular complexity index is 695. The summed E-state index contributed by atoms with van der Waals surface area (Å²) in [6, 6.07) is 4.75. The minimum Gasteiger partial charge on any atom is -0.469 e. The first-order chi connectivity index (χ1) is 11.6. The fraction of sp³-hybridized carbons (Fsp3) is 0.556. The van der Waals surface area contributed by atoms with E-state index in [1.54, 1.807) is 30.3 Å². The summed E-state index contributed by atoms with van der Waals surface area (Å²) in [5.41, 5.74) is -0.0241. The minimum absolute atomic E-state index is 0.0241. The van der Waals surface area contributed by atoms with Crippen molar-refractivity contribution in [1.82, 2.24) is 14.9 Å². The average molecular weight is 330 g/mol. The lowest BCUT2D eigenvalue weighted by Gasteiger charge is -2.35. The Balaban J connectivity index is 1.55. The van der Waals surface area contributed by atoms with Crippen molar-refractivity contribution in [2.24, 2.45) is 7.05 Å². The quantitative estimate of drug-likeness (QED) is 0.877. The van der Waals surface area contributed by atoms with Gasteiger partial charge in [0.2, 0.25) is 0 Å². The van der Waals surface area contributed by atoms with E-state index in [1.807, 2.05) is 12.1 Å². The Morgan fingerprint density at radius 1 is 1.50 bits per heavy atom. The molecule has 6 heteroatoms. The van der Waals surface area contributed by atoms with Gasteiger partial charge in [-0.05, 0) is 38.3 Å². The predicted molar refractivity (Wildman–Crippen MR) is 94.3 cm³/mol. The molecule has 0 spiro atoms. The van der Waals surface area contributed by atoms with Crippen LogP contribution in [-0.4, -0.2) is 34.7 Å². The van der Waals surface area contributed by atoms with Crippen LogP contribution >= 0.6 is 0 Å². The lowest BCUT2D eigenvalue weighted by Crippen LogP contribution is -2.50. The summed E-state index contributed by atoms with van der Waals surface area (Å²) in [5, 5.41) is 3.70. The summed E-state index contributed by atoms with van der Waals surface area (Å²) in [4.78, 5) is 18.7. The molecule has 6 nitrogen and oxygen atoms in total. The zero-order chi connectivity index (χ0) is 16.9. The van der Waals surface area contributed by atoms with Gasteiger partial charge in [-0.1, -0.05) is 0 Å². The van der Waals surface area contributed by atoms with Gasteiger partial charge in [0.25, 0.3) is 5.56 Å². The highest BCUT2D eigenvalue weighted by molar-refractivity contribution is 5.36. The maximum absolute atomic E-state index is 12.3. The molecule has 0 amide bonds. The van der Waals surface area contributed by atoms with E-state index in [0.29, 0.717) is 17.9 Å². The van der Waals surface area contributed by atoms with Crippen LogP contribution < -0.4 is 15.8 Å². The van der Waals surface area contributed by atoms with Crippen LogP contribution in [0.5, 0.6) is 0 Å². The van der Waals surface area contributed by atoms with Gasteiger partial charge in [0.1, 0.15) is 5.76 Å².